The van der Waals surface area contributed by atoms with E-state index in [2.05, 4.69) is 29.7 Å². The number of hydrogen-bond donors (Lipinski definition) is 2. The van der Waals surface area contributed by atoms with Gasteiger partial charge in [0.1, 0.15) is 0 Å². The molecule has 2 aromatic rings. The van der Waals surface area contributed by atoms with Crippen molar-refractivity contribution in [1.29, 1.82) is 0 Å². The number of ether oxygens (including phenoxy) is 2. The third kappa shape index (κ3) is 3.96. The van der Waals surface area contributed by atoms with Gasteiger partial charge in [-0.2, -0.15) is 0 Å². The number of carbonyl (C=O) groups excluding carboxylic acids is 1. The van der Waals surface area contributed by atoms with Crippen LogP contribution in [-0.4, -0.2) is 25.6 Å². The molecule has 3 rings (SSSR count). The van der Waals surface area contributed by atoms with Gasteiger partial charge in [0.2, 0.25) is 0 Å². The average Bonchev–Trinajstić information content (AvgIpc) is 3.01. The quantitative estimate of drug-likeness (QED) is 0.756. The van der Waals surface area contributed by atoms with E-state index in [1.807, 2.05) is 36.4 Å². The van der Waals surface area contributed by atoms with Crippen molar-refractivity contribution in [2.24, 2.45) is 0 Å². The van der Waals surface area contributed by atoms with Crippen molar-refractivity contribution in [3.8, 4) is 11.5 Å². The van der Waals surface area contributed by atoms with E-state index in [0.717, 1.165) is 17.7 Å². The van der Waals surface area contributed by atoms with Crippen LogP contribution in [-0.2, 0) is 11.2 Å². The highest BCUT2D eigenvalue weighted by Crippen LogP contribution is 2.36. The predicted molar refractivity (Wildman–Crippen MR) is 106 cm³/mol. The Kier molecular flexibility index (Phi) is 5.73. The van der Waals surface area contributed by atoms with Gasteiger partial charge in [0, 0.05) is 11.3 Å². The first-order chi connectivity index (χ1) is 12.6. The molecule has 1 fully saturated rings. The second-order valence-electron chi connectivity index (χ2n) is 5.76. The van der Waals surface area contributed by atoms with Gasteiger partial charge in [0.15, 0.2) is 17.0 Å². The first kappa shape index (κ1) is 18.2. The van der Waals surface area contributed by atoms with Crippen molar-refractivity contribution in [3.63, 3.8) is 0 Å². The number of thioether (sulfide) groups is 1. The Morgan fingerprint density at radius 1 is 1.15 bits per heavy atom. The third-order valence-corrected chi connectivity index (χ3v) is 5.14. The summed E-state index contributed by atoms with van der Waals surface area (Å²) in [5.74, 6) is 1.14. The highest BCUT2D eigenvalue weighted by Gasteiger charge is 2.27. The summed E-state index contributed by atoms with van der Waals surface area (Å²) in [5, 5.41) is 6.26. The van der Waals surface area contributed by atoms with Gasteiger partial charge in [0.25, 0.3) is 5.91 Å². The van der Waals surface area contributed by atoms with Crippen LogP contribution in [0.25, 0.3) is 6.08 Å². The van der Waals surface area contributed by atoms with E-state index in [-0.39, 0.29) is 11.4 Å². The van der Waals surface area contributed by atoms with Crippen molar-refractivity contribution in [3.05, 3.63) is 58.5 Å². The van der Waals surface area contributed by atoms with E-state index < -0.39 is 0 Å². The lowest BCUT2D eigenvalue weighted by Gasteiger charge is -2.13. The molecule has 5 nitrogen and oxygen atoms in total. The molecule has 136 valence electrons. The number of hydrogen-bond acceptors (Lipinski definition) is 5. The smallest absolute Gasteiger partial charge is 0.260 e. The molecule has 0 saturated carbocycles. The molecule has 1 heterocycles. The number of aryl methyl sites for hydroxylation is 1. The van der Waals surface area contributed by atoms with Crippen LogP contribution >= 0.6 is 11.8 Å². The van der Waals surface area contributed by atoms with Gasteiger partial charge in [0.05, 0.1) is 19.1 Å². The van der Waals surface area contributed by atoms with E-state index >= 15 is 0 Å². The molecule has 26 heavy (non-hydrogen) atoms. The SMILES string of the molecule is CCc1ccc(N[C@H]2NC(=O)/C(=C/c3cccc(OC)c3OC)S2)cc1. The molecule has 1 aliphatic rings. The normalized spacial score (nSPS) is 17.9. The van der Waals surface area contributed by atoms with Crippen molar-refractivity contribution in [2.75, 3.05) is 19.5 Å². The highest BCUT2D eigenvalue weighted by molar-refractivity contribution is 8.05. The number of benzene rings is 2. The standard InChI is InChI=1S/C20H22N2O3S/c1-4-13-8-10-15(11-9-13)21-20-22-19(23)17(26-20)12-14-6-5-7-16(24-2)18(14)25-3/h5-12,20-21H,4H2,1-3H3,(H,22,23)/b17-12-/t20-/m0/s1. The largest absolute Gasteiger partial charge is 0.493 e. The highest BCUT2D eigenvalue weighted by atomic mass is 32.2. The summed E-state index contributed by atoms with van der Waals surface area (Å²) in [6.07, 6.45) is 2.83. The van der Waals surface area contributed by atoms with Gasteiger partial charge in [-0.15, -0.1) is 0 Å². The average molecular weight is 370 g/mol. The zero-order valence-electron chi connectivity index (χ0n) is 15.0. The fourth-order valence-electron chi connectivity index (χ4n) is 2.72. The second-order valence-corrected chi connectivity index (χ2v) is 6.90. The maximum atomic E-state index is 12.3. The molecule has 0 unspecified atom stereocenters. The Morgan fingerprint density at radius 2 is 1.92 bits per heavy atom. The summed E-state index contributed by atoms with van der Waals surface area (Å²) < 4.78 is 10.7. The molecule has 1 saturated heterocycles. The number of methoxy groups -OCH3 is 2. The van der Waals surface area contributed by atoms with E-state index in [1.165, 1.54) is 17.3 Å². The van der Waals surface area contributed by atoms with E-state index in [9.17, 15) is 4.79 Å². The summed E-state index contributed by atoms with van der Waals surface area (Å²) >= 11 is 1.44. The molecule has 2 aromatic carbocycles. The minimum absolute atomic E-state index is 0.109. The number of nitrogens with one attached hydrogen (secondary N) is 2. The van der Waals surface area contributed by atoms with Crippen molar-refractivity contribution in [1.82, 2.24) is 5.32 Å². The first-order valence-electron chi connectivity index (χ1n) is 8.40. The minimum Gasteiger partial charge on any atom is -0.493 e. The van der Waals surface area contributed by atoms with Gasteiger partial charge < -0.3 is 20.1 Å². The van der Waals surface area contributed by atoms with Gasteiger partial charge in [-0.25, -0.2) is 0 Å². The van der Waals surface area contributed by atoms with E-state index in [1.54, 1.807) is 14.2 Å². The lowest BCUT2D eigenvalue weighted by atomic mass is 10.1. The summed E-state index contributed by atoms with van der Waals surface area (Å²) in [6.45, 7) is 2.12. The monoisotopic (exact) mass is 370 g/mol. The molecule has 2 N–H and O–H groups in total. The fraction of sp³-hybridized carbons (Fsp3) is 0.250. The fourth-order valence-corrected chi connectivity index (χ4v) is 3.70. The first-order valence-corrected chi connectivity index (χ1v) is 9.28. The number of amides is 1. The molecule has 0 bridgehead atoms. The Labute approximate surface area is 157 Å². The molecular weight excluding hydrogens is 348 g/mol. The van der Waals surface area contributed by atoms with Crippen LogP contribution in [0.2, 0.25) is 0 Å². The maximum absolute atomic E-state index is 12.3. The molecule has 0 radical (unpaired) electrons. The van der Waals surface area contributed by atoms with Crippen LogP contribution in [0.15, 0.2) is 47.4 Å². The van der Waals surface area contributed by atoms with Crippen molar-refractivity contribution >= 4 is 29.4 Å². The topological polar surface area (TPSA) is 59.6 Å². The summed E-state index contributed by atoms with van der Waals surface area (Å²) in [7, 11) is 3.18. The van der Waals surface area contributed by atoms with E-state index in [0.29, 0.717) is 16.4 Å². The van der Waals surface area contributed by atoms with Crippen LogP contribution in [0.1, 0.15) is 18.1 Å². The summed E-state index contributed by atoms with van der Waals surface area (Å²) in [4.78, 5) is 12.9. The predicted octanol–water partition coefficient (Wildman–Crippen LogP) is 3.87. The molecule has 1 aliphatic heterocycles. The van der Waals surface area contributed by atoms with Gasteiger partial charge in [-0.3, -0.25) is 4.79 Å². The summed E-state index contributed by atoms with van der Waals surface area (Å²) in [5.41, 5.74) is 2.85. The number of para-hydroxylation sites is 1. The lowest BCUT2D eigenvalue weighted by molar-refractivity contribution is -0.116. The van der Waals surface area contributed by atoms with Gasteiger partial charge >= 0.3 is 0 Å². The molecule has 0 aliphatic carbocycles. The number of anilines is 1. The molecular formula is C20H22N2O3S. The van der Waals surface area contributed by atoms with Gasteiger partial charge in [-0.1, -0.05) is 43.0 Å². The number of carbonyl (C=O) groups is 1. The van der Waals surface area contributed by atoms with Crippen molar-refractivity contribution < 1.29 is 14.3 Å². The molecule has 0 aromatic heterocycles. The lowest BCUT2D eigenvalue weighted by Crippen LogP contribution is -2.30. The third-order valence-electron chi connectivity index (χ3n) is 4.11. The van der Waals surface area contributed by atoms with Crippen LogP contribution < -0.4 is 20.1 Å². The van der Waals surface area contributed by atoms with Gasteiger partial charge in [-0.05, 0) is 36.3 Å². The van der Waals surface area contributed by atoms with E-state index in [4.69, 9.17) is 9.47 Å². The Morgan fingerprint density at radius 3 is 2.58 bits per heavy atom. The molecule has 1 amide bonds. The number of rotatable bonds is 6. The summed E-state index contributed by atoms with van der Waals surface area (Å²) in [6, 6.07) is 13.8. The minimum atomic E-state index is -0.210. The Hall–Kier alpha value is -2.60. The van der Waals surface area contributed by atoms with Crippen LogP contribution in [0, 0.1) is 0 Å². The Balaban J connectivity index is 1.76. The van der Waals surface area contributed by atoms with Crippen molar-refractivity contribution in [2.45, 2.75) is 18.8 Å². The molecule has 6 heteroatoms. The Bertz CT molecular complexity index is 818. The zero-order chi connectivity index (χ0) is 18.5. The van der Waals surface area contributed by atoms with Crippen LogP contribution in [0.4, 0.5) is 5.69 Å². The zero-order valence-corrected chi connectivity index (χ0v) is 15.9. The maximum Gasteiger partial charge on any atom is 0.260 e. The molecule has 1 atom stereocenters. The molecule has 0 spiro atoms. The van der Waals surface area contributed by atoms with Crippen LogP contribution in [0.3, 0.4) is 0 Å². The van der Waals surface area contributed by atoms with Crippen LogP contribution in [0.5, 0.6) is 11.5 Å². The second kappa shape index (κ2) is 8.19.